The van der Waals surface area contributed by atoms with Crippen molar-refractivity contribution >= 4 is 5.82 Å². The zero-order valence-electron chi connectivity index (χ0n) is 10.6. The first kappa shape index (κ1) is 12.4. The lowest BCUT2D eigenvalue weighted by Gasteiger charge is -2.11. The predicted octanol–water partition coefficient (Wildman–Crippen LogP) is 3.48. The Bertz CT molecular complexity index is 471. The Morgan fingerprint density at radius 1 is 1.11 bits per heavy atom. The third-order valence-corrected chi connectivity index (χ3v) is 2.57. The van der Waals surface area contributed by atoms with Crippen LogP contribution in [-0.2, 0) is 6.61 Å². The lowest BCUT2D eigenvalue weighted by Crippen LogP contribution is -2.07. The molecule has 0 aliphatic carbocycles. The number of nitrogens with zero attached hydrogens (tertiary/aromatic N) is 1. The fourth-order valence-electron chi connectivity index (χ4n) is 1.64. The largest absolute Gasteiger partial charge is 0.489 e. The summed E-state index contributed by atoms with van der Waals surface area (Å²) in [6.45, 7) is 3.59. The molecule has 2 rings (SSSR count). The van der Waals surface area contributed by atoms with Crippen LogP contribution in [-0.4, -0.2) is 11.5 Å². The van der Waals surface area contributed by atoms with Crippen molar-refractivity contribution in [2.75, 3.05) is 11.9 Å². The van der Waals surface area contributed by atoms with Gasteiger partial charge in [0, 0.05) is 18.3 Å². The maximum atomic E-state index is 5.73. The molecule has 0 spiro atoms. The Morgan fingerprint density at radius 2 is 1.94 bits per heavy atom. The molecular formula is C15H18N2O. The summed E-state index contributed by atoms with van der Waals surface area (Å²) in [6, 6.07) is 13.8. The van der Waals surface area contributed by atoms with Crippen LogP contribution in [0.5, 0.6) is 5.75 Å². The van der Waals surface area contributed by atoms with Crippen molar-refractivity contribution in [2.24, 2.45) is 0 Å². The van der Waals surface area contributed by atoms with Gasteiger partial charge >= 0.3 is 0 Å². The molecule has 0 amide bonds. The van der Waals surface area contributed by atoms with Crippen LogP contribution < -0.4 is 10.1 Å². The van der Waals surface area contributed by atoms with E-state index in [9.17, 15) is 0 Å². The quantitative estimate of drug-likeness (QED) is 0.842. The van der Waals surface area contributed by atoms with E-state index < -0.39 is 0 Å². The van der Waals surface area contributed by atoms with E-state index in [0.29, 0.717) is 6.61 Å². The van der Waals surface area contributed by atoms with Crippen molar-refractivity contribution in [1.29, 1.82) is 0 Å². The van der Waals surface area contributed by atoms with E-state index in [2.05, 4.69) is 17.2 Å². The van der Waals surface area contributed by atoms with E-state index in [0.717, 1.165) is 30.1 Å². The van der Waals surface area contributed by atoms with Gasteiger partial charge in [0.15, 0.2) is 0 Å². The maximum absolute atomic E-state index is 5.73. The molecule has 1 heterocycles. The molecule has 1 N–H and O–H groups in total. The third kappa shape index (κ3) is 3.48. The fraction of sp³-hybridized carbons (Fsp3) is 0.267. The molecule has 0 saturated heterocycles. The van der Waals surface area contributed by atoms with Gasteiger partial charge in [0.2, 0.25) is 0 Å². The highest BCUT2D eigenvalue weighted by Crippen LogP contribution is 2.16. The molecule has 1 aromatic carbocycles. The van der Waals surface area contributed by atoms with Gasteiger partial charge in [-0.1, -0.05) is 31.2 Å². The average Bonchev–Trinajstić information content (AvgIpc) is 2.45. The van der Waals surface area contributed by atoms with Gasteiger partial charge in [-0.25, -0.2) is 4.98 Å². The van der Waals surface area contributed by atoms with E-state index >= 15 is 0 Å². The monoisotopic (exact) mass is 242 g/mol. The van der Waals surface area contributed by atoms with E-state index in [1.165, 1.54) is 0 Å². The molecule has 1 aromatic heterocycles. The summed E-state index contributed by atoms with van der Waals surface area (Å²) in [5.74, 6) is 1.79. The van der Waals surface area contributed by atoms with Crippen LogP contribution in [0.4, 0.5) is 5.82 Å². The average molecular weight is 242 g/mol. The van der Waals surface area contributed by atoms with E-state index in [1.54, 1.807) is 6.20 Å². The van der Waals surface area contributed by atoms with Gasteiger partial charge < -0.3 is 10.1 Å². The number of hydrogen-bond acceptors (Lipinski definition) is 3. The number of ether oxygens (including phenoxy) is 1. The molecule has 0 bridgehead atoms. The van der Waals surface area contributed by atoms with Gasteiger partial charge in [-0.15, -0.1) is 0 Å². The molecule has 0 aliphatic rings. The molecule has 0 fully saturated rings. The second-order valence-electron chi connectivity index (χ2n) is 4.04. The topological polar surface area (TPSA) is 34.2 Å². The molecule has 3 heteroatoms. The standard InChI is InChI=1S/C15H18N2O/c1-2-10-16-15-13(7-6-11-17-15)12-18-14-8-4-3-5-9-14/h3-9,11H,2,10,12H2,1H3,(H,16,17). The van der Waals surface area contributed by atoms with Gasteiger partial charge in [0.25, 0.3) is 0 Å². The summed E-state index contributed by atoms with van der Waals surface area (Å²) >= 11 is 0. The summed E-state index contributed by atoms with van der Waals surface area (Å²) in [6.07, 6.45) is 2.87. The molecule has 0 unspecified atom stereocenters. The highest BCUT2D eigenvalue weighted by molar-refractivity contribution is 5.43. The first-order valence-electron chi connectivity index (χ1n) is 6.25. The van der Waals surface area contributed by atoms with E-state index in [1.807, 2.05) is 42.5 Å². The Morgan fingerprint density at radius 3 is 2.72 bits per heavy atom. The van der Waals surface area contributed by atoms with Crippen molar-refractivity contribution < 1.29 is 4.74 Å². The minimum Gasteiger partial charge on any atom is -0.489 e. The number of hydrogen-bond donors (Lipinski definition) is 1. The highest BCUT2D eigenvalue weighted by atomic mass is 16.5. The fourth-order valence-corrected chi connectivity index (χ4v) is 1.64. The van der Waals surface area contributed by atoms with E-state index in [-0.39, 0.29) is 0 Å². The minimum atomic E-state index is 0.532. The van der Waals surface area contributed by atoms with Gasteiger partial charge in [-0.3, -0.25) is 0 Å². The van der Waals surface area contributed by atoms with Crippen molar-refractivity contribution in [3.63, 3.8) is 0 Å². The number of para-hydroxylation sites is 1. The molecular weight excluding hydrogens is 224 g/mol. The van der Waals surface area contributed by atoms with Crippen LogP contribution in [0.2, 0.25) is 0 Å². The molecule has 0 aliphatic heterocycles. The lowest BCUT2D eigenvalue weighted by atomic mass is 10.2. The van der Waals surface area contributed by atoms with Gasteiger partial charge in [0.05, 0.1) is 0 Å². The van der Waals surface area contributed by atoms with Crippen LogP contribution in [0, 0.1) is 0 Å². The van der Waals surface area contributed by atoms with E-state index in [4.69, 9.17) is 4.74 Å². The maximum Gasteiger partial charge on any atom is 0.132 e. The number of nitrogens with one attached hydrogen (secondary N) is 1. The Kier molecular flexibility index (Phi) is 4.59. The van der Waals surface area contributed by atoms with Crippen molar-refractivity contribution in [3.8, 4) is 5.75 Å². The normalized spacial score (nSPS) is 10.1. The Labute approximate surface area is 108 Å². The molecule has 0 radical (unpaired) electrons. The first-order chi connectivity index (χ1) is 8.90. The Balaban J connectivity index is 2.00. The summed E-state index contributed by atoms with van der Waals surface area (Å²) in [4.78, 5) is 4.34. The van der Waals surface area contributed by atoms with Crippen molar-refractivity contribution in [3.05, 3.63) is 54.2 Å². The van der Waals surface area contributed by atoms with Gasteiger partial charge in [0.1, 0.15) is 18.2 Å². The highest BCUT2D eigenvalue weighted by Gasteiger charge is 2.03. The molecule has 0 saturated carbocycles. The number of pyridine rings is 1. The van der Waals surface area contributed by atoms with Gasteiger partial charge in [-0.2, -0.15) is 0 Å². The van der Waals surface area contributed by atoms with Crippen LogP contribution in [0.25, 0.3) is 0 Å². The van der Waals surface area contributed by atoms with Crippen molar-refractivity contribution in [1.82, 2.24) is 4.98 Å². The smallest absolute Gasteiger partial charge is 0.132 e. The first-order valence-corrected chi connectivity index (χ1v) is 6.25. The van der Waals surface area contributed by atoms with Crippen LogP contribution in [0.3, 0.4) is 0 Å². The van der Waals surface area contributed by atoms with Gasteiger partial charge in [-0.05, 0) is 24.6 Å². The minimum absolute atomic E-state index is 0.532. The summed E-state index contributed by atoms with van der Waals surface area (Å²) in [5.41, 5.74) is 1.08. The number of anilines is 1. The zero-order chi connectivity index (χ0) is 12.6. The number of benzene rings is 1. The molecule has 94 valence electrons. The molecule has 0 atom stereocenters. The summed E-state index contributed by atoms with van der Waals surface area (Å²) in [5, 5.41) is 3.31. The van der Waals surface area contributed by atoms with Crippen LogP contribution >= 0.6 is 0 Å². The Hall–Kier alpha value is -2.03. The molecule has 3 nitrogen and oxygen atoms in total. The second kappa shape index (κ2) is 6.64. The zero-order valence-corrected chi connectivity index (χ0v) is 10.6. The second-order valence-corrected chi connectivity index (χ2v) is 4.04. The third-order valence-electron chi connectivity index (χ3n) is 2.57. The number of rotatable bonds is 6. The molecule has 18 heavy (non-hydrogen) atoms. The predicted molar refractivity (Wildman–Crippen MR) is 73.8 cm³/mol. The van der Waals surface area contributed by atoms with Crippen LogP contribution in [0.15, 0.2) is 48.7 Å². The van der Waals surface area contributed by atoms with Crippen LogP contribution in [0.1, 0.15) is 18.9 Å². The van der Waals surface area contributed by atoms with Crippen molar-refractivity contribution in [2.45, 2.75) is 20.0 Å². The summed E-state index contributed by atoms with van der Waals surface area (Å²) < 4.78 is 5.73. The number of aromatic nitrogens is 1. The summed E-state index contributed by atoms with van der Waals surface area (Å²) in [7, 11) is 0. The SMILES string of the molecule is CCCNc1ncccc1COc1ccccc1. The molecule has 2 aromatic rings. The lowest BCUT2D eigenvalue weighted by molar-refractivity contribution is 0.306.